The molecular formula is C11H10F3N3O2S. The average molecular weight is 305 g/mol. The fourth-order valence-electron chi connectivity index (χ4n) is 1.37. The zero-order valence-electron chi connectivity index (χ0n) is 10.1. The molecule has 0 bridgehead atoms. The highest BCUT2D eigenvalue weighted by molar-refractivity contribution is 7.08. The van der Waals surface area contributed by atoms with E-state index < -0.39 is 18.6 Å². The number of carbonyl (C=O) groups excluding carboxylic acids is 1. The minimum absolute atomic E-state index is 0.0980. The third kappa shape index (κ3) is 4.34. The number of aromatic nitrogens is 2. The van der Waals surface area contributed by atoms with E-state index in [4.69, 9.17) is 4.52 Å². The van der Waals surface area contributed by atoms with Crippen molar-refractivity contribution in [1.29, 1.82) is 0 Å². The first kappa shape index (κ1) is 14.5. The van der Waals surface area contributed by atoms with Crippen LogP contribution < -0.4 is 5.32 Å². The van der Waals surface area contributed by atoms with Gasteiger partial charge in [0.05, 0.1) is 0 Å². The molecule has 0 aliphatic heterocycles. The average Bonchev–Trinajstić information content (AvgIpc) is 3.03. The number of alkyl halides is 3. The van der Waals surface area contributed by atoms with Gasteiger partial charge in [-0.1, -0.05) is 5.16 Å². The maximum Gasteiger partial charge on any atom is 0.405 e. The quantitative estimate of drug-likeness (QED) is 0.921. The van der Waals surface area contributed by atoms with Crippen LogP contribution >= 0.6 is 11.3 Å². The molecule has 0 saturated carbocycles. The second-order valence-electron chi connectivity index (χ2n) is 3.92. The van der Waals surface area contributed by atoms with Gasteiger partial charge in [0.1, 0.15) is 6.54 Å². The van der Waals surface area contributed by atoms with Crippen LogP contribution in [0.5, 0.6) is 0 Å². The van der Waals surface area contributed by atoms with Crippen LogP contribution in [-0.2, 0) is 11.2 Å². The van der Waals surface area contributed by atoms with E-state index in [1.54, 1.807) is 5.32 Å². The maximum absolute atomic E-state index is 11.9. The summed E-state index contributed by atoms with van der Waals surface area (Å²) < 4.78 is 40.6. The summed E-state index contributed by atoms with van der Waals surface area (Å²) in [4.78, 5) is 15.3. The molecule has 1 amide bonds. The number of amides is 1. The van der Waals surface area contributed by atoms with Gasteiger partial charge < -0.3 is 9.84 Å². The summed E-state index contributed by atoms with van der Waals surface area (Å²) in [5.41, 5.74) is 0.798. The Morgan fingerprint density at radius 2 is 2.25 bits per heavy atom. The predicted octanol–water partition coefficient (Wildman–Crippen LogP) is 2.41. The second kappa shape index (κ2) is 6.04. The number of halogens is 3. The number of hydrogen-bond acceptors (Lipinski definition) is 5. The summed E-state index contributed by atoms with van der Waals surface area (Å²) in [7, 11) is 0. The number of thiophene rings is 1. The molecule has 1 N–H and O–H groups in total. The lowest BCUT2D eigenvalue weighted by Gasteiger charge is -2.07. The van der Waals surface area contributed by atoms with Gasteiger partial charge in [0.25, 0.3) is 0 Å². The Morgan fingerprint density at radius 3 is 2.90 bits per heavy atom. The normalized spacial score (nSPS) is 11.6. The van der Waals surface area contributed by atoms with Gasteiger partial charge in [-0.25, -0.2) is 0 Å². The Hall–Kier alpha value is -1.90. The molecule has 108 valence electrons. The van der Waals surface area contributed by atoms with Crippen LogP contribution in [0.4, 0.5) is 13.2 Å². The van der Waals surface area contributed by atoms with Crippen LogP contribution in [0.1, 0.15) is 12.3 Å². The SMILES string of the molecule is O=C(CCc1nc(-c2ccsc2)no1)NCC(F)(F)F. The zero-order chi connectivity index (χ0) is 14.6. The van der Waals surface area contributed by atoms with E-state index in [9.17, 15) is 18.0 Å². The molecule has 0 fully saturated rings. The van der Waals surface area contributed by atoms with Crippen molar-refractivity contribution in [2.24, 2.45) is 0 Å². The van der Waals surface area contributed by atoms with E-state index in [1.165, 1.54) is 11.3 Å². The number of aryl methyl sites for hydroxylation is 1. The summed E-state index contributed by atoms with van der Waals surface area (Å²) >= 11 is 1.48. The summed E-state index contributed by atoms with van der Waals surface area (Å²) in [5.74, 6) is -0.0945. The van der Waals surface area contributed by atoms with Crippen molar-refractivity contribution in [1.82, 2.24) is 15.5 Å². The monoisotopic (exact) mass is 305 g/mol. The number of rotatable bonds is 5. The van der Waals surface area contributed by atoms with Gasteiger partial charge in [-0.15, -0.1) is 0 Å². The summed E-state index contributed by atoms with van der Waals surface area (Å²) in [6.07, 6.45) is -4.45. The molecule has 0 aliphatic carbocycles. The van der Waals surface area contributed by atoms with Crippen molar-refractivity contribution in [3.8, 4) is 11.4 Å². The molecule has 0 spiro atoms. The van der Waals surface area contributed by atoms with Gasteiger partial charge in [-0.2, -0.15) is 29.5 Å². The van der Waals surface area contributed by atoms with E-state index in [0.29, 0.717) is 5.82 Å². The minimum atomic E-state index is -4.41. The van der Waals surface area contributed by atoms with Gasteiger partial charge in [-0.05, 0) is 11.4 Å². The standard InChI is InChI=1S/C11H10F3N3O2S/c12-11(13,14)6-15-8(18)1-2-9-16-10(17-19-9)7-3-4-20-5-7/h3-5H,1-2,6H2,(H,15,18). The molecule has 0 aromatic carbocycles. The van der Waals surface area contributed by atoms with Gasteiger partial charge >= 0.3 is 6.18 Å². The third-order valence-corrected chi connectivity index (χ3v) is 2.98. The van der Waals surface area contributed by atoms with E-state index in [-0.39, 0.29) is 18.7 Å². The van der Waals surface area contributed by atoms with Crippen LogP contribution in [0.25, 0.3) is 11.4 Å². The lowest BCUT2D eigenvalue weighted by atomic mass is 10.3. The molecule has 0 atom stereocenters. The molecular weight excluding hydrogens is 295 g/mol. The smallest absolute Gasteiger partial charge is 0.347 e. The molecule has 9 heteroatoms. The molecule has 0 aliphatic rings. The van der Waals surface area contributed by atoms with Crippen molar-refractivity contribution in [3.63, 3.8) is 0 Å². The lowest BCUT2D eigenvalue weighted by molar-refractivity contribution is -0.138. The highest BCUT2D eigenvalue weighted by atomic mass is 32.1. The summed E-state index contributed by atoms with van der Waals surface area (Å²) in [5, 5.41) is 9.20. The topological polar surface area (TPSA) is 68.0 Å². The van der Waals surface area contributed by atoms with Gasteiger partial charge in [0.2, 0.25) is 17.6 Å². The molecule has 0 saturated heterocycles. The van der Waals surface area contributed by atoms with Crippen molar-refractivity contribution >= 4 is 17.2 Å². The Morgan fingerprint density at radius 1 is 1.45 bits per heavy atom. The van der Waals surface area contributed by atoms with Gasteiger partial charge in [0.15, 0.2) is 0 Å². The van der Waals surface area contributed by atoms with Gasteiger partial charge in [0, 0.05) is 23.8 Å². The summed E-state index contributed by atoms with van der Waals surface area (Å²) in [6.45, 7) is -1.34. The molecule has 2 heterocycles. The number of nitrogens with one attached hydrogen (secondary N) is 1. The Bertz CT molecular complexity index is 566. The number of hydrogen-bond donors (Lipinski definition) is 1. The number of carbonyl (C=O) groups is 1. The molecule has 2 aromatic rings. The molecule has 20 heavy (non-hydrogen) atoms. The summed E-state index contributed by atoms with van der Waals surface area (Å²) in [6, 6.07) is 1.81. The Labute approximate surface area is 115 Å². The van der Waals surface area contributed by atoms with Crippen molar-refractivity contribution in [2.45, 2.75) is 19.0 Å². The first-order valence-corrected chi connectivity index (χ1v) is 6.57. The minimum Gasteiger partial charge on any atom is -0.347 e. The Balaban J connectivity index is 1.81. The van der Waals surface area contributed by atoms with Crippen LogP contribution in [0.15, 0.2) is 21.3 Å². The van der Waals surface area contributed by atoms with Crippen molar-refractivity contribution in [3.05, 3.63) is 22.7 Å². The second-order valence-corrected chi connectivity index (χ2v) is 4.70. The lowest BCUT2D eigenvalue weighted by Crippen LogP contribution is -2.33. The maximum atomic E-state index is 11.9. The first-order chi connectivity index (χ1) is 9.44. The fraction of sp³-hybridized carbons (Fsp3) is 0.364. The van der Waals surface area contributed by atoms with E-state index >= 15 is 0 Å². The predicted molar refractivity (Wildman–Crippen MR) is 65.0 cm³/mol. The van der Waals surface area contributed by atoms with E-state index in [2.05, 4.69) is 10.1 Å². The van der Waals surface area contributed by atoms with Gasteiger partial charge in [-0.3, -0.25) is 4.79 Å². The van der Waals surface area contributed by atoms with Crippen LogP contribution in [-0.4, -0.2) is 28.8 Å². The highest BCUT2D eigenvalue weighted by Gasteiger charge is 2.27. The van der Waals surface area contributed by atoms with Crippen LogP contribution in [0.3, 0.4) is 0 Å². The largest absolute Gasteiger partial charge is 0.405 e. The van der Waals surface area contributed by atoms with Crippen molar-refractivity contribution < 1.29 is 22.5 Å². The first-order valence-electron chi connectivity index (χ1n) is 5.62. The van der Waals surface area contributed by atoms with Crippen molar-refractivity contribution in [2.75, 3.05) is 6.54 Å². The number of nitrogens with zero attached hydrogens (tertiary/aromatic N) is 2. The third-order valence-electron chi connectivity index (χ3n) is 2.30. The van der Waals surface area contributed by atoms with Crippen LogP contribution in [0.2, 0.25) is 0 Å². The molecule has 0 unspecified atom stereocenters. The zero-order valence-corrected chi connectivity index (χ0v) is 10.9. The van der Waals surface area contributed by atoms with E-state index in [1.807, 2.05) is 16.8 Å². The molecule has 2 rings (SSSR count). The highest BCUT2D eigenvalue weighted by Crippen LogP contribution is 2.19. The molecule has 0 radical (unpaired) electrons. The Kier molecular flexibility index (Phi) is 4.38. The molecule has 2 aromatic heterocycles. The fourth-order valence-corrected chi connectivity index (χ4v) is 2.01. The van der Waals surface area contributed by atoms with E-state index in [0.717, 1.165) is 5.56 Å². The molecule has 5 nitrogen and oxygen atoms in total. The van der Waals surface area contributed by atoms with Crippen LogP contribution in [0, 0.1) is 0 Å².